The van der Waals surface area contributed by atoms with Crippen LogP contribution in [0.5, 0.6) is 0 Å². The Morgan fingerprint density at radius 2 is 1.07 bits per heavy atom. The van der Waals surface area contributed by atoms with Gasteiger partial charge in [0.05, 0.1) is 22.5 Å². The second-order valence-corrected chi connectivity index (χ2v) is 14.8. The van der Waals surface area contributed by atoms with E-state index in [1.165, 1.54) is 60.3 Å². The molecule has 1 aromatic heterocycles. The minimum atomic E-state index is -0.290. The zero-order valence-electron chi connectivity index (χ0n) is 30.1. The molecule has 0 saturated heterocycles. The SMILES string of the molecule is c1ccc(C2=NC3(c4ccc(-c5ccc6c(-c7ccc(-c8nc9ccccc9c9ccccc89)cc7)cccc6c5)cc4)C[C@@H]3C(c3ccccc3)=N2)cc1. The lowest BCUT2D eigenvalue weighted by molar-refractivity contribution is 0.702. The summed E-state index contributed by atoms with van der Waals surface area (Å²) in [7, 11) is 0. The molecule has 0 radical (unpaired) electrons. The van der Waals surface area contributed by atoms with Gasteiger partial charge in [-0.05, 0) is 68.1 Å². The fourth-order valence-corrected chi connectivity index (χ4v) is 8.68. The third-order valence-corrected chi connectivity index (χ3v) is 11.6. The van der Waals surface area contributed by atoms with Gasteiger partial charge in [-0.2, -0.15) is 0 Å². The molecule has 3 nitrogen and oxygen atoms in total. The Labute approximate surface area is 320 Å². The Hall–Kier alpha value is -6.97. The third-order valence-electron chi connectivity index (χ3n) is 11.6. The monoisotopic (exact) mass is 701 g/mol. The molecule has 0 bridgehead atoms. The van der Waals surface area contributed by atoms with Crippen LogP contribution >= 0.6 is 0 Å². The highest BCUT2D eigenvalue weighted by Gasteiger charge is 2.60. The van der Waals surface area contributed by atoms with Crippen molar-refractivity contribution in [2.45, 2.75) is 12.0 Å². The molecule has 2 heterocycles. The van der Waals surface area contributed by atoms with Gasteiger partial charge in [0.1, 0.15) is 0 Å². The zero-order valence-corrected chi connectivity index (χ0v) is 30.1. The van der Waals surface area contributed by atoms with Crippen molar-refractivity contribution < 1.29 is 0 Å². The molecule has 1 fully saturated rings. The van der Waals surface area contributed by atoms with Crippen LogP contribution in [0.1, 0.15) is 23.1 Å². The largest absolute Gasteiger partial charge is 0.254 e. The number of hydrogen-bond acceptors (Lipinski definition) is 3. The van der Waals surface area contributed by atoms with E-state index in [-0.39, 0.29) is 11.5 Å². The van der Waals surface area contributed by atoms with Crippen LogP contribution in [0.2, 0.25) is 0 Å². The smallest absolute Gasteiger partial charge is 0.155 e. The normalized spacial score (nSPS) is 17.5. The zero-order chi connectivity index (χ0) is 36.3. The number of rotatable bonds is 6. The van der Waals surface area contributed by atoms with Gasteiger partial charge in [0.2, 0.25) is 0 Å². The van der Waals surface area contributed by atoms with Crippen molar-refractivity contribution >= 4 is 44.0 Å². The molecule has 0 N–H and O–H groups in total. The van der Waals surface area contributed by atoms with E-state index in [4.69, 9.17) is 15.0 Å². The first-order valence-corrected chi connectivity index (χ1v) is 19.0. The number of benzene rings is 8. The van der Waals surface area contributed by atoms with E-state index in [0.29, 0.717) is 0 Å². The summed E-state index contributed by atoms with van der Waals surface area (Å²) in [5.74, 6) is 1.08. The van der Waals surface area contributed by atoms with E-state index >= 15 is 0 Å². The maximum Gasteiger partial charge on any atom is 0.155 e. The number of pyridine rings is 1. The van der Waals surface area contributed by atoms with Crippen molar-refractivity contribution in [2.24, 2.45) is 15.9 Å². The number of hydrogen-bond donors (Lipinski definition) is 0. The minimum absolute atomic E-state index is 0.268. The van der Waals surface area contributed by atoms with Gasteiger partial charge >= 0.3 is 0 Å². The lowest BCUT2D eigenvalue weighted by Gasteiger charge is -2.21. The van der Waals surface area contributed by atoms with E-state index in [1.54, 1.807) is 0 Å². The molecule has 2 aliphatic rings. The second-order valence-electron chi connectivity index (χ2n) is 14.8. The van der Waals surface area contributed by atoms with E-state index in [1.807, 2.05) is 6.07 Å². The van der Waals surface area contributed by atoms with Gasteiger partial charge in [0, 0.05) is 27.8 Å². The van der Waals surface area contributed by atoms with Crippen molar-refractivity contribution in [1.29, 1.82) is 0 Å². The lowest BCUT2D eigenvalue weighted by Crippen LogP contribution is -2.22. The standard InChI is InChI=1S/C52H35N3/c1-3-12-36(13-4-1)50-47-33-52(47,55-51(54-50)38-14-5-2-6-15-38)41-29-26-34(27-30-41)39-28-31-43-40(32-39)16-11-20-42(43)35-22-24-37(25-23-35)49-46-19-8-7-17-44(46)45-18-9-10-21-48(45)53-49/h1-32,47H,33H2/t47-,52?/m1/s1. The number of aliphatic imine (C=N–C) groups is 2. The van der Waals surface area contributed by atoms with Gasteiger partial charge in [-0.15, -0.1) is 0 Å². The molecular weight excluding hydrogens is 667 g/mol. The maximum atomic E-state index is 5.36. The molecule has 258 valence electrons. The summed E-state index contributed by atoms with van der Waals surface area (Å²) in [5, 5.41) is 6.05. The summed E-state index contributed by atoms with van der Waals surface area (Å²) in [6.07, 6.45) is 0.964. The van der Waals surface area contributed by atoms with Crippen LogP contribution in [0, 0.1) is 5.92 Å². The average molecular weight is 702 g/mol. The summed E-state index contributed by atoms with van der Waals surface area (Å²) < 4.78 is 0. The maximum absolute atomic E-state index is 5.36. The predicted octanol–water partition coefficient (Wildman–Crippen LogP) is 12.7. The minimum Gasteiger partial charge on any atom is -0.254 e. The predicted molar refractivity (Wildman–Crippen MR) is 229 cm³/mol. The Balaban J connectivity index is 0.902. The van der Waals surface area contributed by atoms with Crippen LogP contribution in [-0.2, 0) is 5.54 Å². The summed E-state index contributed by atoms with van der Waals surface area (Å²) in [6.45, 7) is 0. The molecule has 0 spiro atoms. The lowest BCUT2D eigenvalue weighted by atomic mass is 9.92. The Morgan fingerprint density at radius 3 is 1.85 bits per heavy atom. The topological polar surface area (TPSA) is 37.6 Å². The van der Waals surface area contributed by atoms with Crippen molar-refractivity contribution in [3.8, 4) is 33.5 Å². The molecule has 11 rings (SSSR count). The van der Waals surface area contributed by atoms with Crippen molar-refractivity contribution in [3.63, 3.8) is 0 Å². The molecule has 1 aliphatic heterocycles. The fraction of sp³-hybridized carbons (Fsp3) is 0.0577. The van der Waals surface area contributed by atoms with Crippen molar-refractivity contribution in [2.75, 3.05) is 0 Å². The molecular formula is C52H35N3. The van der Waals surface area contributed by atoms with E-state index in [2.05, 4.69) is 188 Å². The molecule has 1 unspecified atom stereocenters. The molecule has 9 aromatic rings. The summed E-state index contributed by atoms with van der Waals surface area (Å²) in [5.41, 5.74) is 12.3. The van der Waals surface area contributed by atoms with Crippen LogP contribution in [0.25, 0.3) is 66.0 Å². The molecule has 8 aromatic carbocycles. The Morgan fingerprint density at radius 1 is 0.436 bits per heavy atom. The van der Waals surface area contributed by atoms with Crippen LogP contribution in [0.3, 0.4) is 0 Å². The summed E-state index contributed by atoms with van der Waals surface area (Å²) in [4.78, 5) is 15.6. The van der Waals surface area contributed by atoms with Gasteiger partial charge in [-0.1, -0.05) is 182 Å². The van der Waals surface area contributed by atoms with Gasteiger partial charge in [-0.25, -0.2) is 9.98 Å². The van der Waals surface area contributed by atoms with Crippen molar-refractivity contribution in [1.82, 2.24) is 4.98 Å². The molecule has 55 heavy (non-hydrogen) atoms. The number of fused-ring (bicyclic) bond motifs is 5. The van der Waals surface area contributed by atoms with Crippen LogP contribution < -0.4 is 0 Å². The third kappa shape index (κ3) is 5.31. The van der Waals surface area contributed by atoms with E-state index in [0.717, 1.165) is 40.3 Å². The molecule has 1 saturated carbocycles. The summed E-state index contributed by atoms with van der Waals surface area (Å²) >= 11 is 0. The van der Waals surface area contributed by atoms with E-state index < -0.39 is 0 Å². The first-order chi connectivity index (χ1) is 27.2. The number of aromatic nitrogens is 1. The van der Waals surface area contributed by atoms with Gasteiger partial charge in [0.25, 0.3) is 0 Å². The van der Waals surface area contributed by atoms with Crippen LogP contribution in [0.4, 0.5) is 0 Å². The van der Waals surface area contributed by atoms with Crippen molar-refractivity contribution in [3.05, 3.63) is 211 Å². The highest BCUT2D eigenvalue weighted by Crippen LogP contribution is 2.59. The first-order valence-electron chi connectivity index (χ1n) is 19.0. The highest BCUT2D eigenvalue weighted by molar-refractivity contribution is 6.17. The highest BCUT2D eigenvalue weighted by atomic mass is 15.1. The average Bonchev–Trinajstić information content (AvgIpc) is 4.02. The van der Waals surface area contributed by atoms with Crippen LogP contribution in [0.15, 0.2) is 204 Å². The number of amidine groups is 1. The number of nitrogens with zero attached hydrogens (tertiary/aromatic N) is 3. The molecule has 1 aliphatic carbocycles. The Kier molecular flexibility index (Phi) is 7.21. The molecule has 3 heteroatoms. The first kappa shape index (κ1) is 31.5. The van der Waals surface area contributed by atoms with Crippen LogP contribution in [-0.4, -0.2) is 16.5 Å². The van der Waals surface area contributed by atoms with Gasteiger partial charge < -0.3 is 0 Å². The Bertz CT molecular complexity index is 2980. The number of para-hydroxylation sites is 1. The van der Waals surface area contributed by atoms with Gasteiger partial charge in [-0.3, -0.25) is 4.99 Å². The fourth-order valence-electron chi connectivity index (χ4n) is 8.68. The summed E-state index contributed by atoms with van der Waals surface area (Å²) in [6, 6.07) is 69.4. The van der Waals surface area contributed by atoms with E-state index in [9.17, 15) is 0 Å². The second kappa shape index (κ2) is 12.6. The molecule has 0 amide bonds. The molecule has 2 atom stereocenters. The quantitative estimate of drug-likeness (QED) is 0.159. The van der Waals surface area contributed by atoms with Gasteiger partial charge in [0.15, 0.2) is 5.84 Å².